The van der Waals surface area contributed by atoms with Crippen molar-refractivity contribution >= 4 is 40.9 Å². The summed E-state index contributed by atoms with van der Waals surface area (Å²) in [6, 6.07) is 1.90. The highest BCUT2D eigenvalue weighted by molar-refractivity contribution is 7.26. The van der Waals surface area contributed by atoms with Crippen molar-refractivity contribution in [1.82, 2.24) is 9.55 Å². The first kappa shape index (κ1) is 12.5. The van der Waals surface area contributed by atoms with Gasteiger partial charge in [0.15, 0.2) is 0 Å². The third-order valence-electron chi connectivity index (χ3n) is 3.75. The summed E-state index contributed by atoms with van der Waals surface area (Å²) in [5, 5.41) is 8.90. The maximum Gasteiger partial charge on any atom is 0.271 e. The second-order valence-corrected chi connectivity index (χ2v) is 6.04. The Bertz CT molecular complexity index is 710. The predicted molar refractivity (Wildman–Crippen MR) is 78.5 cm³/mol. The van der Waals surface area contributed by atoms with Crippen LogP contribution in [0.25, 0.3) is 10.2 Å². The van der Waals surface area contributed by atoms with Crippen LogP contribution in [0.4, 0.5) is 0 Å². The molecule has 19 heavy (non-hydrogen) atoms. The molecular formula is C12H11B2N3OS. The number of nitriles is 1. The lowest BCUT2D eigenvalue weighted by atomic mass is 9.42. The van der Waals surface area contributed by atoms with Gasteiger partial charge in [0.25, 0.3) is 12.3 Å². The average molecular weight is 267 g/mol. The maximum absolute atomic E-state index is 12.4. The minimum absolute atomic E-state index is 0.00731. The number of hydrogen-bond acceptors (Lipinski definition) is 4. The Morgan fingerprint density at radius 1 is 1.53 bits per heavy atom. The zero-order chi connectivity index (χ0) is 13.4. The average Bonchev–Trinajstić information content (AvgIpc) is 2.81. The van der Waals surface area contributed by atoms with Crippen molar-refractivity contribution in [3.05, 3.63) is 22.7 Å². The normalized spacial score (nSPS) is 16.7. The summed E-state index contributed by atoms with van der Waals surface area (Å²) in [6.45, 7) is 0.140. The SMILES string of the molecule is [B]c1cc2ncn(C3CCB(C#N)CC3)c(=O)c2s1. The van der Waals surface area contributed by atoms with E-state index in [9.17, 15) is 4.79 Å². The van der Waals surface area contributed by atoms with E-state index in [-0.39, 0.29) is 18.3 Å². The molecule has 0 aliphatic carbocycles. The van der Waals surface area contributed by atoms with Gasteiger partial charge in [0, 0.05) is 12.0 Å². The molecule has 3 heterocycles. The fraction of sp³-hybridized carbons (Fsp3) is 0.417. The van der Waals surface area contributed by atoms with Gasteiger partial charge in [-0.3, -0.25) is 9.36 Å². The van der Waals surface area contributed by atoms with Crippen LogP contribution in [0.5, 0.6) is 0 Å². The molecule has 0 unspecified atom stereocenters. The Morgan fingerprint density at radius 2 is 2.26 bits per heavy atom. The van der Waals surface area contributed by atoms with Gasteiger partial charge in [-0.05, 0) is 23.7 Å². The summed E-state index contributed by atoms with van der Waals surface area (Å²) in [5.74, 6) is 2.31. The minimum atomic E-state index is -0.00731. The van der Waals surface area contributed by atoms with Crippen LogP contribution >= 0.6 is 11.3 Å². The van der Waals surface area contributed by atoms with Gasteiger partial charge in [-0.2, -0.15) is 0 Å². The molecule has 2 aromatic rings. The van der Waals surface area contributed by atoms with Gasteiger partial charge in [0.2, 0.25) is 0 Å². The fourth-order valence-electron chi connectivity index (χ4n) is 2.69. The Labute approximate surface area is 116 Å². The van der Waals surface area contributed by atoms with Crippen LogP contribution in [0, 0.1) is 11.2 Å². The highest BCUT2D eigenvalue weighted by Crippen LogP contribution is 2.28. The molecule has 0 saturated carbocycles. The molecule has 3 rings (SSSR count). The molecule has 1 aliphatic rings. The van der Waals surface area contributed by atoms with Gasteiger partial charge in [-0.15, -0.1) is 11.3 Å². The summed E-state index contributed by atoms with van der Waals surface area (Å²) >= 11 is 1.29. The Morgan fingerprint density at radius 3 is 2.95 bits per heavy atom. The van der Waals surface area contributed by atoms with Gasteiger partial charge in [0.1, 0.15) is 12.5 Å². The molecule has 1 saturated heterocycles. The Balaban J connectivity index is 1.96. The van der Waals surface area contributed by atoms with Crippen molar-refractivity contribution in [2.24, 2.45) is 0 Å². The third-order valence-corrected chi connectivity index (χ3v) is 4.70. The first-order valence-electron chi connectivity index (χ1n) is 6.35. The molecule has 0 aromatic carbocycles. The van der Waals surface area contributed by atoms with Crippen LogP contribution in [0.3, 0.4) is 0 Å². The quantitative estimate of drug-likeness (QED) is 0.728. The van der Waals surface area contributed by atoms with Crippen molar-refractivity contribution in [2.75, 3.05) is 0 Å². The predicted octanol–water partition coefficient (Wildman–Crippen LogP) is 1.14. The maximum atomic E-state index is 12.4. The van der Waals surface area contributed by atoms with Gasteiger partial charge in [-0.1, -0.05) is 12.6 Å². The van der Waals surface area contributed by atoms with Gasteiger partial charge in [-0.25, -0.2) is 10.2 Å². The minimum Gasteiger partial charge on any atom is -0.295 e. The summed E-state index contributed by atoms with van der Waals surface area (Å²) in [4.78, 5) is 16.7. The van der Waals surface area contributed by atoms with Crippen LogP contribution in [-0.4, -0.2) is 24.1 Å². The zero-order valence-corrected chi connectivity index (χ0v) is 11.2. The lowest BCUT2D eigenvalue weighted by molar-refractivity contribution is 0.440. The number of thiophene rings is 1. The second kappa shape index (κ2) is 4.86. The molecule has 1 fully saturated rings. The lowest BCUT2D eigenvalue weighted by Crippen LogP contribution is -2.29. The molecule has 2 aromatic heterocycles. The molecular weight excluding hydrogens is 256 g/mol. The van der Waals surface area contributed by atoms with Crippen LogP contribution in [0.1, 0.15) is 18.9 Å². The van der Waals surface area contributed by atoms with Crippen LogP contribution in [-0.2, 0) is 0 Å². The number of fused-ring (bicyclic) bond motifs is 1. The van der Waals surface area contributed by atoms with Crippen LogP contribution in [0.2, 0.25) is 12.6 Å². The highest BCUT2D eigenvalue weighted by Gasteiger charge is 2.26. The van der Waals surface area contributed by atoms with Crippen molar-refractivity contribution in [3.8, 4) is 5.97 Å². The lowest BCUT2D eigenvalue weighted by Gasteiger charge is -2.24. The van der Waals surface area contributed by atoms with E-state index in [1.54, 1.807) is 17.0 Å². The van der Waals surface area contributed by atoms with E-state index < -0.39 is 0 Å². The molecule has 0 spiro atoms. The summed E-state index contributed by atoms with van der Waals surface area (Å²) in [5.41, 5.74) is 0.668. The first-order chi connectivity index (χ1) is 9.19. The van der Waals surface area contributed by atoms with E-state index in [1.807, 2.05) is 0 Å². The summed E-state index contributed by atoms with van der Waals surface area (Å²) in [6.07, 6.45) is 5.07. The van der Waals surface area contributed by atoms with Gasteiger partial charge >= 0.3 is 0 Å². The van der Waals surface area contributed by atoms with Crippen molar-refractivity contribution in [2.45, 2.75) is 31.5 Å². The number of aromatic nitrogens is 2. The van der Waals surface area contributed by atoms with Crippen LogP contribution in [0.15, 0.2) is 17.2 Å². The Kier molecular flexibility index (Phi) is 3.19. The fourth-order valence-corrected chi connectivity index (χ4v) is 3.50. The van der Waals surface area contributed by atoms with E-state index >= 15 is 0 Å². The third kappa shape index (κ3) is 2.21. The highest BCUT2D eigenvalue weighted by atomic mass is 32.1. The molecule has 7 heteroatoms. The monoisotopic (exact) mass is 267 g/mol. The molecule has 2 radical (unpaired) electrons. The van der Waals surface area contributed by atoms with E-state index in [0.717, 1.165) is 25.5 Å². The topological polar surface area (TPSA) is 58.7 Å². The van der Waals surface area contributed by atoms with Crippen molar-refractivity contribution in [3.63, 3.8) is 0 Å². The summed E-state index contributed by atoms with van der Waals surface area (Å²) < 4.78 is 2.96. The van der Waals surface area contributed by atoms with Crippen LogP contribution < -0.4 is 10.3 Å². The Hall–Kier alpha value is -1.54. The zero-order valence-electron chi connectivity index (χ0n) is 10.4. The molecule has 0 atom stereocenters. The number of hydrogen-bond donors (Lipinski definition) is 0. The standard InChI is InChI=1S/C12H11B2N3OS/c13-10-5-9-11(19-10)12(18)17(7-16-9)8-1-3-14(6-15)4-2-8/h5,7-8H,1-4H2. The van der Waals surface area contributed by atoms with E-state index in [0.29, 0.717) is 15.0 Å². The van der Waals surface area contributed by atoms with Crippen molar-refractivity contribution < 1.29 is 0 Å². The van der Waals surface area contributed by atoms with E-state index in [4.69, 9.17) is 13.1 Å². The molecule has 92 valence electrons. The number of nitrogens with zero attached hydrogens (tertiary/aromatic N) is 3. The number of rotatable bonds is 1. The summed E-state index contributed by atoms with van der Waals surface area (Å²) in [7, 11) is 5.72. The van der Waals surface area contributed by atoms with E-state index in [1.165, 1.54) is 11.3 Å². The smallest absolute Gasteiger partial charge is 0.271 e. The molecule has 0 bridgehead atoms. The second-order valence-electron chi connectivity index (χ2n) is 4.95. The molecule has 0 amide bonds. The molecule has 4 nitrogen and oxygen atoms in total. The largest absolute Gasteiger partial charge is 0.295 e. The first-order valence-corrected chi connectivity index (χ1v) is 7.16. The van der Waals surface area contributed by atoms with Crippen molar-refractivity contribution in [1.29, 1.82) is 5.26 Å². The van der Waals surface area contributed by atoms with Gasteiger partial charge in [0.05, 0.1) is 11.8 Å². The molecule has 1 aliphatic heterocycles. The van der Waals surface area contributed by atoms with E-state index in [2.05, 4.69) is 11.0 Å². The van der Waals surface area contributed by atoms with Gasteiger partial charge < -0.3 is 0 Å². The molecule has 0 N–H and O–H groups in total.